The van der Waals surface area contributed by atoms with Crippen molar-refractivity contribution in [2.75, 3.05) is 6.61 Å². The summed E-state index contributed by atoms with van der Waals surface area (Å²) < 4.78 is 5.27. The van der Waals surface area contributed by atoms with Gasteiger partial charge in [-0.25, -0.2) is 0 Å². The number of ketones is 1. The van der Waals surface area contributed by atoms with Gasteiger partial charge in [-0.3, -0.25) is 4.79 Å². The summed E-state index contributed by atoms with van der Waals surface area (Å²) in [6.45, 7) is 0.779. The molecule has 2 nitrogen and oxygen atoms in total. The van der Waals surface area contributed by atoms with Crippen LogP contribution in [0.15, 0.2) is 11.8 Å². The van der Waals surface area contributed by atoms with E-state index < -0.39 is 0 Å². The van der Waals surface area contributed by atoms with Gasteiger partial charge in [0.1, 0.15) is 0 Å². The van der Waals surface area contributed by atoms with E-state index in [1.807, 2.05) is 0 Å². The fraction of sp³-hybridized carbons (Fsp3) is 0.786. The summed E-state index contributed by atoms with van der Waals surface area (Å²) in [5.41, 5.74) is 0.942. The predicted octanol–water partition coefficient (Wildman–Crippen LogP) is 3.61. The molecule has 0 saturated heterocycles. The SMILES string of the molecule is O=C(C1=COCCC1)C1CCCCCCC1. The quantitative estimate of drug-likeness (QED) is 0.713. The zero-order valence-corrected chi connectivity index (χ0v) is 10.0. The van der Waals surface area contributed by atoms with Gasteiger partial charge >= 0.3 is 0 Å². The Hall–Kier alpha value is -0.790. The Balaban J connectivity index is 1.93. The smallest absolute Gasteiger partial charge is 0.164 e. The molecule has 90 valence electrons. The van der Waals surface area contributed by atoms with Crippen LogP contribution in [-0.2, 0) is 9.53 Å². The second-order valence-electron chi connectivity index (χ2n) is 5.02. The van der Waals surface area contributed by atoms with Crippen molar-refractivity contribution in [1.82, 2.24) is 0 Å². The Morgan fingerprint density at radius 2 is 1.75 bits per heavy atom. The highest BCUT2D eigenvalue weighted by Crippen LogP contribution is 2.27. The molecule has 16 heavy (non-hydrogen) atoms. The summed E-state index contributed by atoms with van der Waals surface area (Å²) in [6, 6.07) is 0. The zero-order chi connectivity index (χ0) is 11.2. The van der Waals surface area contributed by atoms with Crippen LogP contribution in [0.2, 0.25) is 0 Å². The molecule has 0 N–H and O–H groups in total. The first-order valence-corrected chi connectivity index (χ1v) is 6.73. The van der Waals surface area contributed by atoms with Crippen molar-refractivity contribution in [2.24, 2.45) is 5.92 Å². The lowest BCUT2D eigenvalue weighted by Gasteiger charge is -2.21. The molecular weight excluding hydrogens is 200 g/mol. The number of hydrogen-bond acceptors (Lipinski definition) is 2. The van der Waals surface area contributed by atoms with Crippen LogP contribution < -0.4 is 0 Å². The molecule has 0 radical (unpaired) electrons. The van der Waals surface area contributed by atoms with Gasteiger partial charge in [0.25, 0.3) is 0 Å². The minimum atomic E-state index is 0.285. The number of Topliss-reactive ketones (excluding diaryl/α,β-unsaturated/α-hetero) is 1. The van der Waals surface area contributed by atoms with Crippen LogP contribution in [0.1, 0.15) is 57.8 Å². The van der Waals surface area contributed by atoms with Gasteiger partial charge in [-0.05, 0) is 25.7 Å². The minimum absolute atomic E-state index is 0.285. The van der Waals surface area contributed by atoms with Crippen molar-refractivity contribution >= 4 is 5.78 Å². The van der Waals surface area contributed by atoms with Crippen LogP contribution in [0.4, 0.5) is 0 Å². The summed E-state index contributed by atoms with van der Waals surface area (Å²) in [7, 11) is 0. The number of carbonyl (C=O) groups excluding carboxylic acids is 1. The highest BCUT2D eigenvalue weighted by atomic mass is 16.5. The Kier molecular flexibility index (Phi) is 4.44. The molecule has 2 heteroatoms. The van der Waals surface area contributed by atoms with Gasteiger partial charge in [0.15, 0.2) is 5.78 Å². The molecule has 0 spiro atoms. The van der Waals surface area contributed by atoms with Gasteiger partial charge in [0.2, 0.25) is 0 Å². The first-order valence-electron chi connectivity index (χ1n) is 6.73. The number of ether oxygens (including phenoxy) is 1. The number of hydrogen-bond donors (Lipinski definition) is 0. The third-order valence-electron chi connectivity index (χ3n) is 3.73. The van der Waals surface area contributed by atoms with Gasteiger partial charge in [0, 0.05) is 11.5 Å². The van der Waals surface area contributed by atoms with E-state index in [4.69, 9.17) is 4.74 Å². The fourth-order valence-corrected chi connectivity index (χ4v) is 2.73. The monoisotopic (exact) mass is 222 g/mol. The lowest BCUT2D eigenvalue weighted by atomic mass is 9.84. The van der Waals surface area contributed by atoms with Crippen molar-refractivity contribution < 1.29 is 9.53 Å². The van der Waals surface area contributed by atoms with Crippen molar-refractivity contribution in [3.8, 4) is 0 Å². The Morgan fingerprint density at radius 3 is 2.38 bits per heavy atom. The Bertz CT molecular complexity index is 260. The van der Waals surface area contributed by atoms with E-state index in [1.54, 1.807) is 6.26 Å². The molecule has 1 saturated carbocycles. The van der Waals surface area contributed by atoms with Crippen LogP contribution >= 0.6 is 0 Å². The Labute approximate surface area is 98.1 Å². The summed E-state index contributed by atoms with van der Waals surface area (Å²) in [5, 5.41) is 0. The number of carbonyl (C=O) groups is 1. The molecule has 0 bridgehead atoms. The third kappa shape index (κ3) is 3.10. The maximum atomic E-state index is 12.3. The molecule has 1 aliphatic carbocycles. The normalized spacial score (nSPS) is 23.9. The molecule has 2 rings (SSSR count). The topological polar surface area (TPSA) is 26.3 Å². The molecule has 0 aromatic heterocycles. The Morgan fingerprint density at radius 1 is 1.06 bits per heavy atom. The van der Waals surface area contributed by atoms with Gasteiger partial charge in [-0.15, -0.1) is 0 Å². The largest absolute Gasteiger partial charge is 0.501 e. The third-order valence-corrected chi connectivity index (χ3v) is 3.73. The van der Waals surface area contributed by atoms with E-state index in [2.05, 4.69) is 0 Å². The average molecular weight is 222 g/mol. The van der Waals surface area contributed by atoms with Gasteiger partial charge < -0.3 is 4.74 Å². The molecule has 1 heterocycles. The molecule has 1 aliphatic heterocycles. The van der Waals surface area contributed by atoms with Gasteiger partial charge in [-0.1, -0.05) is 32.1 Å². The number of allylic oxidation sites excluding steroid dienone is 1. The molecule has 2 aliphatic rings. The summed E-state index contributed by atoms with van der Waals surface area (Å²) in [4.78, 5) is 12.3. The van der Waals surface area contributed by atoms with E-state index in [9.17, 15) is 4.79 Å². The van der Waals surface area contributed by atoms with E-state index in [0.717, 1.165) is 37.9 Å². The molecule has 0 aromatic rings. The highest BCUT2D eigenvalue weighted by molar-refractivity contribution is 5.96. The van der Waals surface area contributed by atoms with E-state index in [1.165, 1.54) is 32.1 Å². The van der Waals surface area contributed by atoms with Crippen LogP contribution in [0.25, 0.3) is 0 Å². The molecule has 0 atom stereocenters. The van der Waals surface area contributed by atoms with Gasteiger partial charge in [-0.2, -0.15) is 0 Å². The predicted molar refractivity (Wildman–Crippen MR) is 64.1 cm³/mol. The fourth-order valence-electron chi connectivity index (χ4n) is 2.73. The van der Waals surface area contributed by atoms with Crippen LogP contribution in [0.5, 0.6) is 0 Å². The van der Waals surface area contributed by atoms with Crippen molar-refractivity contribution in [1.29, 1.82) is 0 Å². The summed E-state index contributed by atoms with van der Waals surface area (Å²) in [6.07, 6.45) is 12.2. The minimum Gasteiger partial charge on any atom is -0.501 e. The zero-order valence-electron chi connectivity index (χ0n) is 10.0. The lowest BCUT2D eigenvalue weighted by Crippen LogP contribution is -2.20. The van der Waals surface area contributed by atoms with E-state index in [-0.39, 0.29) is 5.92 Å². The molecule has 0 amide bonds. The summed E-state index contributed by atoms with van der Waals surface area (Å²) in [5.74, 6) is 0.662. The standard InChI is InChI=1S/C14H22O2/c15-14(13-9-6-10-16-11-13)12-7-4-2-1-3-5-8-12/h11-12H,1-10H2. The first kappa shape index (κ1) is 11.7. The molecule has 0 aromatic carbocycles. The van der Waals surface area contributed by atoms with Crippen molar-refractivity contribution in [3.05, 3.63) is 11.8 Å². The molecule has 1 fully saturated rings. The van der Waals surface area contributed by atoms with Crippen molar-refractivity contribution in [2.45, 2.75) is 57.8 Å². The second-order valence-corrected chi connectivity index (χ2v) is 5.02. The van der Waals surface area contributed by atoms with Gasteiger partial charge in [0.05, 0.1) is 12.9 Å². The maximum Gasteiger partial charge on any atom is 0.164 e. The highest BCUT2D eigenvalue weighted by Gasteiger charge is 2.23. The molecule has 0 unspecified atom stereocenters. The second kappa shape index (κ2) is 6.07. The van der Waals surface area contributed by atoms with Crippen LogP contribution in [0.3, 0.4) is 0 Å². The number of rotatable bonds is 2. The van der Waals surface area contributed by atoms with Crippen LogP contribution in [-0.4, -0.2) is 12.4 Å². The average Bonchev–Trinajstić information content (AvgIpc) is 2.29. The summed E-state index contributed by atoms with van der Waals surface area (Å²) >= 11 is 0. The first-order chi connectivity index (χ1) is 7.88. The maximum absolute atomic E-state index is 12.3. The van der Waals surface area contributed by atoms with E-state index >= 15 is 0 Å². The van der Waals surface area contributed by atoms with Crippen LogP contribution in [0, 0.1) is 5.92 Å². The molecular formula is C14H22O2. The van der Waals surface area contributed by atoms with Crippen molar-refractivity contribution in [3.63, 3.8) is 0 Å². The van der Waals surface area contributed by atoms with E-state index in [0.29, 0.717) is 5.78 Å². The lowest BCUT2D eigenvalue weighted by molar-refractivity contribution is -0.120.